The van der Waals surface area contributed by atoms with Gasteiger partial charge in [0.05, 0.1) is 32.3 Å². The topological polar surface area (TPSA) is 77.1 Å². The smallest absolute Gasteiger partial charge is 0.310 e. The third-order valence-corrected chi connectivity index (χ3v) is 2.70. The maximum absolute atomic E-state index is 11.2. The molecule has 1 heterocycles. The van der Waals surface area contributed by atoms with Crippen LogP contribution in [-0.4, -0.2) is 56.3 Å². The van der Waals surface area contributed by atoms with Crippen molar-refractivity contribution in [2.24, 2.45) is 16.6 Å². The first-order valence-corrected chi connectivity index (χ1v) is 5.79. The van der Waals surface area contributed by atoms with E-state index < -0.39 is 0 Å². The number of nitrogens with zero attached hydrogens (tertiary/aromatic N) is 2. The van der Waals surface area contributed by atoms with E-state index in [9.17, 15) is 4.79 Å². The van der Waals surface area contributed by atoms with Crippen LogP contribution in [0, 0.1) is 5.92 Å². The Bertz CT molecular complexity index is 294. The Balaban J connectivity index is 2.45. The predicted octanol–water partition coefficient (Wildman–Crippen LogP) is -0.169. The van der Waals surface area contributed by atoms with Gasteiger partial charge >= 0.3 is 5.97 Å². The molecule has 1 fully saturated rings. The summed E-state index contributed by atoms with van der Waals surface area (Å²) >= 11 is 0. The monoisotopic (exact) mass is 243 g/mol. The summed E-state index contributed by atoms with van der Waals surface area (Å²) in [5, 5.41) is 0. The van der Waals surface area contributed by atoms with Crippen molar-refractivity contribution in [1.29, 1.82) is 0 Å². The van der Waals surface area contributed by atoms with Crippen LogP contribution >= 0.6 is 0 Å². The number of guanidine groups is 1. The van der Waals surface area contributed by atoms with Gasteiger partial charge in [0.15, 0.2) is 5.96 Å². The van der Waals surface area contributed by atoms with Crippen molar-refractivity contribution in [3.05, 3.63) is 0 Å². The second-order valence-electron chi connectivity index (χ2n) is 4.25. The molecule has 1 rings (SSSR count). The fraction of sp³-hybridized carbons (Fsp3) is 0.818. The van der Waals surface area contributed by atoms with Crippen LogP contribution in [-0.2, 0) is 14.3 Å². The van der Waals surface area contributed by atoms with E-state index in [0.29, 0.717) is 19.1 Å². The molecule has 6 nitrogen and oxygen atoms in total. The maximum atomic E-state index is 11.2. The number of hydrogen-bond donors (Lipinski definition) is 1. The number of carbonyl (C=O) groups excluding carboxylic acids is 1. The van der Waals surface area contributed by atoms with Gasteiger partial charge in [-0.25, -0.2) is 0 Å². The van der Waals surface area contributed by atoms with Crippen molar-refractivity contribution < 1.29 is 14.3 Å². The zero-order valence-corrected chi connectivity index (χ0v) is 10.7. The maximum Gasteiger partial charge on any atom is 0.310 e. The number of hydrogen-bond acceptors (Lipinski definition) is 4. The molecular formula is C11H21N3O3. The SMILES string of the molecule is COC(=O)C(C)CN=C(N)N1CCOC(C)C1. The molecule has 0 bridgehead atoms. The Hall–Kier alpha value is -1.30. The van der Waals surface area contributed by atoms with E-state index in [-0.39, 0.29) is 18.0 Å². The van der Waals surface area contributed by atoms with E-state index in [1.807, 2.05) is 11.8 Å². The van der Waals surface area contributed by atoms with Crippen LogP contribution in [0.15, 0.2) is 4.99 Å². The molecule has 1 saturated heterocycles. The van der Waals surface area contributed by atoms with Crippen LogP contribution in [0.4, 0.5) is 0 Å². The minimum absolute atomic E-state index is 0.163. The molecule has 1 aliphatic heterocycles. The molecule has 0 aliphatic carbocycles. The average molecular weight is 243 g/mol. The zero-order chi connectivity index (χ0) is 12.8. The van der Waals surface area contributed by atoms with E-state index in [0.717, 1.165) is 13.1 Å². The number of aliphatic imine (C=N–C) groups is 1. The summed E-state index contributed by atoms with van der Waals surface area (Å²) < 4.78 is 10.0. The summed E-state index contributed by atoms with van der Waals surface area (Å²) in [6, 6.07) is 0. The normalized spacial score (nSPS) is 23.4. The molecule has 0 aromatic heterocycles. The van der Waals surface area contributed by atoms with Crippen LogP contribution in [0.25, 0.3) is 0 Å². The van der Waals surface area contributed by atoms with Crippen LogP contribution in [0.5, 0.6) is 0 Å². The molecule has 6 heteroatoms. The highest BCUT2D eigenvalue weighted by molar-refractivity contribution is 5.79. The Labute approximate surface area is 102 Å². The summed E-state index contributed by atoms with van der Waals surface area (Å²) in [5.74, 6) is -0.0650. The lowest BCUT2D eigenvalue weighted by molar-refractivity contribution is -0.144. The highest BCUT2D eigenvalue weighted by atomic mass is 16.5. The number of morpholine rings is 1. The van der Waals surface area contributed by atoms with Crippen LogP contribution in [0.3, 0.4) is 0 Å². The fourth-order valence-corrected chi connectivity index (χ4v) is 1.63. The fourth-order valence-electron chi connectivity index (χ4n) is 1.63. The number of ether oxygens (including phenoxy) is 2. The van der Waals surface area contributed by atoms with Gasteiger partial charge in [0, 0.05) is 13.1 Å². The van der Waals surface area contributed by atoms with Gasteiger partial charge in [0.1, 0.15) is 0 Å². The molecule has 17 heavy (non-hydrogen) atoms. The lowest BCUT2D eigenvalue weighted by atomic mass is 10.2. The van der Waals surface area contributed by atoms with Crippen LogP contribution in [0.2, 0.25) is 0 Å². The van der Waals surface area contributed by atoms with Gasteiger partial charge < -0.3 is 20.1 Å². The number of rotatable bonds is 3. The van der Waals surface area contributed by atoms with Crippen molar-refractivity contribution in [1.82, 2.24) is 4.90 Å². The highest BCUT2D eigenvalue weighted by Gasteiger charge is 2.19. The van der Waals surface area contributed by atoms with Gasteiger partial charge in [-0.3, -0.25) is 9.79 Å². The van der Waals surface area contributed by atoms with E-state index >= 15 is 0 Å². The lowest BCUT2D eigenvalue weighted by Gasteiger charge is -2.31. The molecule has 1 aliphatic rings. The molecule has 0 spiro atoms. The average Bonchev–Trinajstić information content (AvgIpc) is 2.34. The van der Waals surface area contributed by atoms with Gasteiger partial charge in [-0.05, 0) is 6.92 Å². The first kappa shape index (κ1) is 13.8. The third kappa shape index (κ3) is 4.22. The van der Waals surface area contributed by atoms with Crippen molar-refractivity contribution in [2.45, 2.75) is 20.0 Å². The Morgan fingerprint density at radius 2 is 2.41 bits per heavy atom. The summed E-state index contributed by atoms with van der Waals surface area (Å²) in [5.41, 5.74) is 5.87. The largest absolute Gasteiger partial charge is 0.469 e. The first-order valence-electron chi connectivity index (χ1n) is 5.79. The van der Waals surface area contributed by atoms with E-state index in [2.05, 4.69) is 9.73 Å². The number of esters is 1. The molecular weight excluding hydrogens is 222 g/mol. The molecule has 0 amide bonds. The number of carbonyl (C=O) groups is 1. The minimum atomic E-state index is -0.267. The zero-order valence-electron chi connectivity index (χ0n) is 10.7. The first-order chi connectivity index (χ1) is 8.04. The van der Waals surface area contributed by atoms with Gasteiger partial charge in [0.2, 0.25) is 0 Å². The summed E-state index contributed by atoms with van der Waals surface area (Å²) in [6.07, 6.45) is 0.163. The van der Waals surface area contributed by atoms with Gasteiger partial charge in [-0.15, -0.1) is 0 Å². The molecule has 0 aromatic rings. The van der Waals surface area contributed by atoms with E-state index in [4.69, 9.17) is 10.5 Å². The van der Waals surface area contributed by atoms with Crippen molar-refractivity contribution in [2.75, 3.05) is 33.4 Å². The molecule has 0 aromatic carbocycles. The summed E-state index contributed by atoms with van der Waals surface area (Å²) in [4.78, 5) is 17.4. The third-order valence-electron chi connectivity index (χ3n) is 2.70. The molecule has 2 N–H and O–H groups in total. The molecule has 2 unspecified atom stereocenters. The predicted molar refractivity (Wildman–Crippen MR) is 64.7 cm³/mol. The quantitative estimate of drug-likeness (QED) is 0.423. The molecule has 98 valence electrons. The summed E-state index contributed by atoms with van der Waals surface area (Å²) in [6.45, 7) is 6.25. The lowest BCUT2D eigenvalue weighted by Crippen LogP contribution is -2.48. The Morgan fingerprint density at radius 1 is 1.71 bits per heavy atom. The van der Waals surface area contributed by atoms with Crippen molar-refractivity contribution >= 4 is 11.9 Å². The van der Waals surface area contributed by atoms with E-state index in [1.165, 1.54) is 7.11 Å². The van der Waals surface area contributed by atoms with Gasteiger partial charge in [-0.1, -0.05) is 6.92 Å². The van der Waals surface area contributed by atoms with E-state index in [1.54, 1.807) is 6.92 Å². The summed E-state index contributed by atoms with van der Waals surface area (Å²) in [7, 11) is 1.37. The van der Waals surface area contributed by atoms with Crippen molar-refractivity contribution in [3.8, 4) is 0 Å². The standard InChI is InChI=1S/C11H21N3O3/c1-8(10(15)16-3)6-13-11(12)14-4-5-17-9(2)7-14/h8-9H,4-7H2,1-3H3,(H2,12,13). The number of methoxy groups -OCH3 is 1. The molecule has 0 saturated carbocycles. The van der Waals surface area contributed by atoms with Gasteiger partial charge in [0.25, 0.3) is 0 Å². The van der Waals surface area contributed by atoms with Crippen molar-refractivity contribution in [3.63, 3.8) is 0 Å². The molecule has 0 radical (unpaired) electrons. The van der Waals surface area contributed by atoms with Crippen LogP contribution < -0.4 is 5.73 Å². The number of nitrogens with two attached hydrogens (primary N) is 1. The molecule has 2 atom stereocenters. The second-order valence-corrected chi connectivity index (χ2v) is 4.25. The van der Waals surface area contributed by atoms with Crippen LogP contribution in [0.1, 0.15) is 13.8 Å². The highest BCUT2D eigenvalue weighted by Crippen LogP contribution is 2.04. The Morgan fingerprint density at radius 3 is 3.00 bits per heavy atom. The minimum Gasteiger partial charge on any atom is -0.469 e. The second kappa shape index (κ2) is 6.44. The van der Waals surface area contributed by atoms with Gasteiger partial charge in [-0.2, -0.15) is 0 Å². The Kier molecular flexibility index (Phi) is 5.21.